The zero-order valence-electron chi connectivity index (χ0n) is 11.4. The molecule has 0 aliphatic heterocycles. The second-order valence-electron chi connectivity index (χ2n) is 6.23. The number of carboxylic acids is 1. The van der Waals surface area contributed by atoms with E-state index < -0.39 is 5.97 Å². The summed E-state index contributed by atoms with van der Waals surface area (Å²) >= 11 is 1.51. The molecule has 1 aliphatic carbocycles. The molecule has 1 aromatic heterocycles. The van der Waals surface area contributed by atoms with Crippen molar-refractivity contribution in [3.05, 3.63) is 21.9 Å². The Kier molecular flexibility index (Phi) is 3.28. The van der Waals surface area contributed by atoms with Gasteiger partial charge in [-0.05, 0) is 29.4 Å². The molecule has 100 valence electrons. The highest BCUT2D eigenvalue weighted by Crippen LogP contribution is 2.67. The average Bonchev–Trinajstić information content (AvgIpc) is 2.67. The molecule has 0 bridgehead atoms. The van der Waals surface area contributed by atoms with Crippen molar-refractivity contribution < 1.29 is 9.90 Å². The van der Waals surface area contributed by atoms with Crippen LogP contribution in [0.4, 0.5) is 0 Å². The highest BCUT2D eigenvalue weighted by atomic mass is 32.1. The van der Waals surface area contributed by atoms with Crippen LogP contribution in [0.3, 0.4) is 0 Å². The Labute approximate surface area is 112 Å². The van der Waals surface area contributed by atoms with Gasteiger partial charge in [-0.25, -0.2) is 4.79 Å². The van der Waals surface area contributed by atoms with Crippen molar-refractivity contribution in [3.63, 3.8) is 0 Å². The van der Waals surface area contributed by atoms with E-state index in [1.807, 2.05) is 0 Å². The molecule has 0 spiro atoms. The zero-order valence-corrected chi connectivity index (χ0v) is 12.2. The van der Waals surface area contributed by atoms with Gasteiger partial charge >= 0.3 is 5.97 Å². The lowest BCUT2D eigenvalue weighted by atomic mass is 10.0. The largest absolute Gasteiger partial charge is 0.478 e. The zero-order chi connectivity index (χ0) is 13.6. The molecule has 0 amide bonds. The summed E-state index contributed by atoms with van der Waals surface area (Å²) in [4.78, 5) is 11.8. The van der Waals surface area contributed by atoms with Crippen LogP contribution in [0.1, 0.15) is 42.9 Å². The summed E-state index contributed by atoms with van der Waals surface area (Å²) < 4.78 is 0. The molecule has 2 rings (SSSR count). The number of rotatable bonds is 5. The molecule has 1 aromatic rings. The van der Waals surface area contributed by atoms with E-state index in [4.69, 9.17) is 5.11 Å². The van der Waals surface area contributed by atoms with Crippen LogP contribution in [0, 0.1) is 16.7 Å². The molecule has 3 nitrogen and oxygen atoms in total. The summed E-state index contributed by atoms with van der Waals surface area (Å²) in [5.41, 5.74) is 1.20. The van der Waals surface area contributed by atoms with E-state index in [-0.39, 0.29) is 0 Å². The van der Waals surface area contributed by atoms with Gasteiger partial charge in [0.2, 0.25) is 0 Å². The Hall–Kier alpha value is -0.870. The Morgan fingerprint density at radius 2 is 2.00 bits per heavy atom. The Balaban J connectivity index is 1.81. The quantitative estimate of drug-likeness (QED) is 0.861. The highest BCUT2D eigenvalue weighted by Gasteiger charge is 2.63. The molecule has 1 fully saturated rings. The maximum atomic E-state index is 10.8. The van der Waals surface area contributed by atoms with Gasteiger partial charge < -0.3 is 10.4 Å². The minimum atomic E-state index is -0.845. The summed E-state index contributed by atoms with van der Waals surface area (Å²) in [5, 5.41) is 14.0. The van der Waals surface area contributed by atoms with Gasteiger partial charge in [-0.15, -0.1) is 11.3 Å². The molecule has 0 unspecified atom stereocenters. The maximum absolute atomic E-state index is 10.8. The van der Waals surface area contributed by atoms with Gasteiger partial charge in [-0.1, -0.05) is 27.7 Å². The summed E-state index contributed by atoms with van der Waals surface area (Å²) in [6.07, 6.45) is 0. The third kappa shape index (κ3) is 2.19. The molecular formula is C14H21NO2S. The van der Waals surface area contributed by atoms with Crippen molar-refractivity contribution in [3.8, 4) is 0 Å². The van der Waals surface area contributed by atoms with E-state index in [1.54, 1.807) is 11.4 Å². The van der Waals surface area contributed by atoms with Crippen molar-refractivity contribution in [1.29, 1.82) is 0 Å². The van der Waals surface area contributed by atoms with Crippen LogP contribution >= 0.6 is 11.3 Å². The SMILES string of the molecule is CC1(C)C(CNCc2cc(C(=O)O)cs2)C1(C)C. The summed E-state index contributed by atoms with van der Waals surface area (Å²) in [6.45, 7) is 11.0. The second kappa shape index (κ2) is 4.35. The van der Waals surface area contributed by atoms with Gasteiger partial charge in [0.1, 0.15) is 0 Å². The van der Waals surface area contributed by atoms with Crippen LogP contribution in [-0.4, -0.2) is 17.6 Å². The normalized spacial score (nSPS) is 20.9. The molecular weight excluding hydrogens is 246 g/mol. The van der Waals surface area contributed by atoms with Crippen molar-refractivity contribution in [1.82, 2.24) is 5.32 Å². The van der Waals surface area contributed by atoms with Gasteiger partial charge in [0, 0.05) is 16.8 Å². The Bertz CT molecular complexity index is 448. The molecule has 0 aromatic carbocycles. The molecule has 0 atom stereocenters. The minimum Gasteiger partial charge on any atom is -0.478 e. The van der Waals surface area contributed by atoms with Gasteiger partial charge in [0.25, 0.3) is 0 Å². The van der Waals surface area contributed by atoms with E-state index in [0.717, 1.165) is 18.0 Å². The molecule has 18 heavy (non-hydrogen) atoms. The highest BCUT2D eigenvalue weighted by molar-refractivity contribution is 7.10. The van der Waals surface area contributed by atoms with E-state index in [9.17, 15) is 4.79 Å². The number of nitrogens with one attached hydrogen (secondary N) is 1. The topological polar surface area (TPSA) is 49.3 Å². The lowest BCUT2D eigenvalue weighted by Gasteiger charge is -2.04. The maximum Gasteiger partial charge on any atom is 0.336 e. The van der Waals surface area contributed by atoms with E-state index in [2.05, 4.69) is 33.0 Å². The van der Waals surface area contributed by atoms with Crippen LogP contribution in [0.5, 0.6) is 0 Å². The fourth-order valence-electron chi connectivity index (χ4n) is 2.77. The molecule has 1 saturated carbocycles. The van der Waals surface area contributed by atoms with Crippen LogP contribution in [-0.2, 0) is 6.54 Å². The molecule has 1 aliphatic rings. The van der Waals surface area contributed by atoms with Crippen molar-refractivity contribution >= 4 is 17.3 Å². The molecule has 2 N–H and O–H groups in total. The van der Waals surface area contributed by atoms with Crippen molar-refractivity contribution in [2.24, 2.45) is 16.7 Å². The first-order chi connectivity index (χ1) is 8.26. The number of hydrogen-bond acceptors (Lipinski definition) is 3. The Morgan fingerprint density at radius 3 is 2.44 bits per heavy atom. The third-order valence-corrected chi connectivity index (χ3v) is 5.80. The predicted molar refractivity (Wildman–Crippen MR) is 74.0 cm³/mol. The smallest absolute Gasteiger partial charge is 0.336 e. The summed E-state index contributed by atoms with van der Waals surface area (Å²) in [7, 11) is 0. The minimum absolute atomic E-state index is 0.392. The first-order valence-corrected chi connectivity index (χ1v) is 7.16. The van der Waals surface area contributed by atoms with Crippen molar-refractivity contribution in [2.45, 2.75) is 34.2 Å². The molecule has 1 heterocycles. The van der Waals surface area contributed by atoms with E-state index >= 15 is 0 Å². The van der Waals surface area contributed by atoms with E-state index in [1.165, 1.54) is 11.3 Å². The van der Waals surface area contributed by atoms with Gasteiger partial charge in [0.15, 0.2) is 0 Å². The number of aromatic carboxylic acids is 1. The first kappa shape index (κ1) is 13.6. The van der Waals surface area contributed by atoms with Gasteiger partial charge in [-0.3, -0.25) is 0 Å². The number of thiophene rings is 1. The predicted octanol–water partition coefficient (Wildman–Crippen LogP) is 3.22. The van der Waals surface area contributed by atoms with Crippen LogP contribution in [0.25, 0.3) is 0 Å². The lowest BCUT2D eigenvalue weighted by Crippen LogP contribution is -2.18. The fourth-order valence-corrected chi connectivity index (χ4v) is 3.60. The number of carbonyl (C=O) groups is 1. The van der Waals surface area contributed by atoms with Crippen LogP contribution < -0.4 is 5.32 Å². The standard InChI is InChI=1S/C14H21NO2S/c1-13(2)11(14(13,3)4)7-15-6-10-5-9(8-18-10)12(16)17/h5,8,11,15H,6-7H2,1-4H3,(H,16,17). The van der Waals surface area contributed by atoms with Crippen molar-refractivity contribution in [2.75, 3.05) is 6.54 Å². The average molecular weight is 267 g/mol. The fraction of sp³-hybridized carbons (Fsp3) is 0.643. The summed E-state index contributed by atoms with van der Waals surface area (Å²) in [5.74, 6) is -0.147. The first-order valence-electron chi connectivity index (χ1n) is 6.28. The third-order valence-electron chi connectivity index (χ3n) is 4.87. The molecule has 0 radical (unpaired) electrons. The number of hydrogen-bond donors (Lipinski definition) is 2. The molecule has 4 heteroatoms. The van der Waals surface area contributed by atoms with Crippen LogP contribution in [0.2, 0.25) is 0 Å². The number of carboxylic acid groups (broad SMARTS) is 1. The lowest BCUT2D eigenvalue weighted by molar-refractivity contribution is 0.0697. The van der Waals surface area contributed by atoms with E-state index in [0.29, 0.717) is 22.3 Å². The molecule has 0 saturated heterocycles. The van der Waals surface area contributed by atoms with Gasteiger partial charge in [-0.2, -0.15) is 0 Å². The second-order valence-corrected chi connectivity index (χ2v) is 7.23. The van der Waals surface area contributed by atoms with Gasteiger partial charge in [0.05, 0.1) is 5.56 Å². The monoisotopic (exact) mass is 267 g/mol. The van der Waals surface area contributed by atoms with Crippen LogP contribution in [0.15, 0.2) is 11.4 Å². The Morgan fingerprint density at radius 1 is 1.39 bits per heavy atom. The summed E-state index contributed by atoms with van der Waals surface area (Å²) in [6, 6.07) is 1.75.